The third kappa shape index (κ3) is 2.35. The number of nitrogens with zero attached hydrogens (tertiary/aromatic N) is 1. The van der Waals surface area contributed by atoms with Gasteiger partial charge in [0.25, 0.3) is 0 Å². The van der Waals surface area contributed by atoms with Crippen molar-refractivity contribution in [2.45, 2.75) is 24.5 Å². The van der Waals surface area contributed by atoms with Crippen LogP contribution in [-0.2, 0) is 19.9 Å². The maximum absolute atomic E-state index is 12.0. The molecule has 2 saturated heterocycles. The van der Waals surface area contributed by atoms with E-state index in [2.05, 4.69) is 0 Å². The average Bonchev–Trinajstić information content (AvgIpc) is 3.26. The number of hydrogen-bond donors (Lipinski definition) is 0. The lowest BCUT2D eigenvalue weighted by Crippen LogP contribution is -2.37. The number of imide groups is 1. The smallest absolute Gasteiger partial charge is 0.229 e. The summed E-state index contributed by atoms with van der Waals surface area (Å²) in [6, 6.07) is 19.8. The SMILES string of the molecule is O=C1CCC(=O)N1CC1(c2ccccc2)OC1c1ccccc1. The molecule has 2 unspecified atom stereocenters. The third-order valence-electron chi connectivity index (χ3n) is 4.61. The molecule has 0 saturated carbocycles. The molecule has 2 atom stereocenters. The number of amides is 2. The molecule has 2 aromatic rings. The zero-order valence-electron chi connectivity index (χ0n) is 12.6. The van der Waals surface area contributed by atoms with Gasteiger partial charge in [0.1, 0.15) is 11.7 Å². The van der Waals surface area contributed by atoms with E-state index in [1.807, 2.05) is 60.7 Å². The van der Waals surface area contributed by atoms with Crippen LogP contribution in [0.25, 0.3) is 0 Å². The molecule has 0 bridgehead atoms. The van der Waals surface area contributed by atoms with Crippen molar-refractivity contribution in [3.8, 4) is 0 Å². The summed E-state index contributed by atoms with van der Waals surface area (Å²) < 4.78 is 6.09. The van der Waals surface area contributed by atoms with E-state index in [0.717, 1.165) is 11.1 Å². The Morgan fingerprint density at radius 3 is 2.09 bits per heavy atom. The average molecular weight is 307 g/mol. The highest BCUT2D eigenvalue weighted by molar-refractivity contribution is 6.02. The lowest BCUT2D eigenvalue weighted by Gasteiger charge is -2.20. The zero-order valence-corrected chi connectivity index (χ0v) is 12.6. The molecule has 2 aromatic carbocycles. The fraction of sp³-hybridized carbons (Fsp3) is 0.263. The number of hydrogen-bond acceptors (Lipinski definition) is 3. The molecule has 0 aliphatic carbocycles. The van der Waals surface area contributed by atoms with Crippen LogP contribution in [-0.4, -0.2) is 23.3 Å². The summed E-state index contributed by atoms with van der Waals surface area (Å²) >= 11 is 0. The minimum atomic E-state index is -0.627. The van der Waals surface area contributed by atoms with Gasteiger partial charge in [-0.15, -0.1) is 0 Å². The Morgan fingerprint density at radius 2 is 1.48 bits per heavy atom. The van der Waals surface area contributed by atoms with Crippen LogP contribution in [0.15, 0.2) is 60.7 Å². The summed E-state index contributed by atoms with van der Waals surface area (Å²) in [5, 5.41) is 0. The van der Waals surface area contributed by atoms with Crippen molar-refractivity contribution in [1.29, 1.82) is 0 Å². The molecular formula is C19H17NO3. The monoisotopic (exact) mass is 307 g/mol. The number of rotatable bonds is 4. The Balaban J connectivity index is 1.69. The number of carbonyl (C=O) groups is 2. The van der Waals surface area contributed by atoms with Crippen LogP contribution in [0, 0.1) is 0 Å². The first-order chi connectivity index (χ1) is 11.2. The van der Waals surface area contributed by atoms with Crippen molar-refractivity contribution in [3.63, 3.8) is 0 Å². The zero-order chi connectivity index (χ0) is 15.9. The molecule has 2 amide bonds. The quantitative estimate of drug-likeness (QED) is 0.644. The number of carbonyl (C=O) groups excluding carboxylic acids is 2. The Labute approximate surface area is 134 Å². The van der Waals surface area contributed by atoms with Crippen molar-refractivity contribution in [1.82, 2.24) is 4.90 Å². The largest absolute Gasteiger partial charge is 0.354 e. The Morgan fingerprint density at radius 1 is 0.913 bits per heavy atom. The van der Waals surface area contributed by atoms with Crippen molar-refractivity contribution in [2.75, 3.05) is 6.54 Å². The van der Waals surface area contributed by atoms with E-state index in [-0.39, 0.29) is 24.5 Å². The molecule has 4 nitrogen and oxygen atoms in total. The summed E-state index contributed by atoms with van der Waals surface area (Å²) in [7, 11) is 0. The van der Waals surface area contributed by atoms with Crippen LogP contribution in [0.2, 0.25) is 0 Å². The van der Waals surface area contributed by atoms with E-state index in [4.69, 9.17) is 4.74 Å². The molecule has 0 spiro atoms. The lowest BCUT2D eigenvalue weighted by molar-refractivity contribution is -0.139. The normalized spacial score (nSPS) is 26.6. The standard InChI is InChI=1S/C19H17NO3/c21-16-11-12-17(22)20(16)13-19(15-9-5-2-6-10-15)18(23-19)14-7-3-1-4-8-14/h1-10,18H,11-13H2. The molecule has 23 heavy (non-hydrogen) atoms. The van der Waals surface area contributed by atoms with Gasteiger partial charge in [-0.1, -0.05) is 60.7 Å². The van der Waals surface area contributed by atoms with E-state index in [1.165, 1.54) is 4.90 Å². The summed E-state index contributed by atoms with van der Waals surface area (Å²) in [4.78, 5) is 25.4. The Hall–Kier alpha value is -2.46. The van der Waals surface area contributed by atoms with Gasteiger partial charge in [-0.05, 0) is 11.1 Å². The van der Waals surface area contributed by atoms with Gasteiger partial charge < -0.3 is 4.74 Å². The topological polar surface area (TPSA) is 49.9 Å². The molecular weight excluding hydrogens is 290 g/mol. The number of epoxide rings is 1. The van der Waals surface area contributed by atoms with Crippen LogP contribution in [0.5, 0.6) is 0 Å². The van der Waals surface area contributed by atoms with Crippen molar-refractivity contribution >= 4 is 11.8 Å². The number of ether oxygens (including phenoxy) is 1. The highest BCUT2D eigenvalue weighted by Crippen LogP contribution is 2.57. The second kappa shape index (κ2) is 5.32. The molecule has 2 aliphatic rings. The van der Waals surface area contributed by atoms with E-state index in [0.29, 0.717) is 12.8 Å². The van der Waals surface area contributed by atoms with Gasteiger partial charge in [-0.25, -0.2) is 0 Å². The predicted molar refractivity (Wildman–Crippen MR) is 84.3 cm³/mol. The van der Waals surface area contributed by atoms with Crippen LogP contribution < -0.4 is 0 Å². The van der Waals surface area contributed by atoms with Crippen LogP contribution >= 0.6 is 0 Å². The van der Waals surface area contributed by atoms with Crippen molar-refractivity contribution < 1.29 is 14.3 Å². The van der Waals surface area contributed by atoms with Gasteiger partial charge in [-0.3, -0.25) is 14.5 Å². The molecule has 0 N–H and O–H groups in total. The summed E-state index contributed by atoms with van der Waals surface area (Å²) in [5.74, 6) is -0.208. The van der Waals surface area contributed by atoms with Crippen LogP contribution in [0.3, 0.4) is 0 Å². The van der Waals surface area contributed by atoms with Gasteiger partial charge in [-0.2, -0.15) is 0 Å². The van der Waals surface area contributed by atoms with Crippen molar-refractivity contribution in [3.05, 3.63) is 71.8 Å². The predicted octanol–water partition coefficient (Wildman–Crippen LogP) is 2.80. The Kier molecular flexibility index (Phi) is 3.27. The molecule has 116 valence electrons. The molecule has 2 fully saturated rings. The third-order valence-corrected chi connectivity index (χ3v) is 4.61. The second-order valence-electron chi connectivity index (χ2n) is 6.04. The summed E-state index contributed by atoms with van der Waals surface area (Å²) in [6.45, 7) is 0.286. The molecule has 2 aliphatic heterocycles. The first-order valence-electron chi connectivity index (χ1n) is 7.82. The summed E-state index contributed by atoms with van der Waals surface area (Å²) in [6.07, 6.45) is 0.478. The molecule has 0 aromatic heterocycles. The highest BCUT2D eigenvalue weighted by Gasteiger charge is 2.60. The van der Waals surface area contributed by atoms with Crippen LogP contribution in [0.1, 0.15) is 30.1 Å². The fourth-order valence-corrected chi connectivity index (χ4v) is 3.33. The number of likely N-dealkylation sites (tertiary alicyclic amines) is 1. The van der Waals surface area contributed by atoms with Gasteiger partial charge in [0, 0.05) is 12.8 Å². The van der Waals surface area contributed by atoms with Gasteiger partial charge in [0.2, 0.25) is 11.8 Å². The molecule has 0 radical (unpaired) electrons. The minimum absolute atomic E-state index is 0.104. The highest BCUT2D eigenvalue weighted by atomic mass is 16.6. The Bertz CT molecular complexity index is 728. The maximum atomic E-state index is 12.0. The van der Waals surface area contributed by atoms with E-state index in [1.54, 1.807) is 0 Å². The van der Waals surface area contributed by atoms with Gasteiger partial charge in [0.15, 0.2) is 0 Å². The van der Waals surface area contributed by atoms with Crippen molar-refractivity contribution in [2.24, 2.45) is 0 Å². The van der Waals surface area contributed by atoms with Crippen LogP contribution in [0.4, 0.5) is 0 Å². The molecule has 2 heterocycles. The molecule has 4 heteroatoms. The number of benzene rings is 2. The lowest BCUT2D eigenvalue weighted by atomic mass is 9.91. The summed E-state index contributed by atoms with van der Waals surface area (Å²) in [5.41, 5.74) is 1.44. The van der Waals surface area contributed by atoms with E-state index in [9.17, 15) is 9.59 Å². The van der Waals surface area contributed by atoms with E-state index >= 15 is 0 Å². The minimum Gasteiger partial charge on any atom is -0.354 e. The van der Waals surface area contributed by atoms with E-state index < -0.39 is 5.60 Å². The van der Waals surface area contributed by atoms with Gasteiger partial charge >= 0.3 is 0 Å². The maximum Gasteiger partial charge on any atom is 0.229 e. The first-order valence-corrected chi connectivity index (χ1v) is 7.82. The van der Waals surface area contributed by atoms with Gasteiger partial charge in [0.05, 0.1) is 6.54 Å². The fourth-order valence-electron chi connectivity index (χ4n) is 3.33. The molecule has 4 rings (SSSR count). The first kappa shape index (κ1) is 14.2. The second-order valence-corrected chi connectivity index (χ2v) is 6.04.